The topological polar surface area (TPSA) is 46.3 Å². The van der Waals surface area contributed by atoms with Gasteiger partial charge in [0.2, 0.25) is 0 Å². The molecular formula is C14H19BrCl2N2O. The summed E-state index contributed by atoms with van der Waals surface area (Å²) in [7, 11) is 0. The van der Waals surface area contributed by atoms with E-state index < -0.39 is 0 Å². The molecule has 0 spiro atoms. The number of carbonyl (C=O) groups is 1. The molecule has 1 unspecified atom stereocenters. The van der Waals surface area contributed by atoms with Crippen molar-refractivity contribution in [3.63, 3.8) is 0 Å². The van der Waals surface area contributed by atoms with Crippen LogP contribution in [0.1, 0.15) is 36.0 Å². The maximum absolute atomic E-state index is 12.6. The van der Waals surface area contributed by atoms with E-state index in [0.29, 0.717) is 17.1 Å². The van der Waals surface area contributed by atoms with Gasteiger partial charge in [0.05, 0.1) is 5.02 Å². The summed E-state index contributed by atoms with van der Waals surface area (Å²) in [5.74, 6) is 0.0792. The first kappa shape index (κ1) is 17.8. The summed E-state index contributed by atoms with van der Waals surface area (Å²) in [4.78, 5) is 14.5. The van der Waals surface area contributed by atoms with E-state index in [1.165, 1.54) is 6.42 Å². The Morgan fingerprint density at radius 1 is 1.45 bits per heavy atom. The normalized spacial score (nSPS) is 18.6. The lowest BCUT2D eigenvalue weighted by Gasteiger charge is -2.35. The number of rotatable bonds is 3. The number of nitrogens with zero attached hydrogens (tertiary/aromatic N) is 1. The Morgan fingerprint density at radius 3 is 2.85 bits per heavy atom. The third-order valence-corrected chi connectivity index (χ3v) is 4.77. The van der Waals surface area contributed by atoms with Crippen LogP contribution in [-0.2, 0) is 0 Å². The van der Waals surface area contributed by atoms with Crippen molar-refractivity contribution in [1.82, 2.24) is 4.90 Å². The van der Waals surface area contributed by atoms with Gasteiger partial charge in [0.15, 0.2) is 0 Å². The van der Waals surface area contributed by atoms with Crippen LogP contribution in [0.25, 0.3) is 0 Å². The van der Waals surface area contributed by atoms with E-state index in [2.05, 4.69) is 15.9 Å². The molecule has 1 aliphatic rings. The molecule has 112 valence electrons. The first-order valence-electron chi connectivity index (χ1n) is 6.59. The van der Waals surface area contributed by atoms with Gasteiger partial charge in [-0.2, -0.15) is 0 Å². The summed E-state index contributed by atoms with van der Waals surface area (Å²) in [5, 5.41) is 0.619. The number of halogens is 3. The van der Waals surface area contributed by atoms with Gasteiger partial charge < -0.3 is 10.6 Å². The minimum atomic E-state index is 0. The van der Waals surface area contributed by atoms with E-state index in [1.807, 2.05) is 4.90 Å². The third kappa shape index (κ3) is 4.10. The molecule has 2 N–H and O–H groups in total. The highest BCUT2D eigenvalue weighted by Gasteiger charge is 2.26. The largest absolute Gasteiger partial charge is 0.336 e. The van der Waals surface area contributed by atoms with Crippen LogP contribution in [0.3, 0.4) is 0 Å². The van der Waals surface area contributed by atoms with E-state index in [4.69, 9.17) is 17.3 Å². The van der Waals surface area contributed by atoms with E-state index >= 15 is 0 Å². The molecule has 3 nitrogen and oxygen atoms in total. The second kappa shape index (κ2) is 8.23. The van der Waals surface area contributed by atoms with Gasteiger partial charge in [-0.3, -0.25) is 4.79 Å². The highest BCUT2D eigenvalue weighted by Crippen LogP contribution is 2.26. The van der Waals surface area contributed by atoms with E-state index in [9.17, 15) is 4.79 Å². The van der Waals surface area contributed by atoms with Gasteiger partial charge in [0, 0.05) is 22.6 Å². The van der Waals surface area contributed by atoms with Crippen LogP contribution in [0.2, 0.25) is 5.02 Å². The highest BCUT2D eigenvalue weighted by molar-refractivity contribution is 9.10. The quantitative estimate of drug-likeness (QED) is 0.863. The lowest BCUT2D eigenvalue weighted by atomic mass is 9.98. The Labute approximate surface area is 139 Å². The van der Waals surface area contributed by atoms with E-state index in [-0.39, 0.29) is 24.4 Å². The van der Waals surface area contributed by atoms with Gasteiger partial charge in [-0.15, -0.1) is 12.4 Å². The van der Waals surface area contributed by atoms with Crippen molar-refractivity contribution in [2.24, 2.45) is 5.73 Å². The van der Waals surface area contributed by atoms with Crippen LogP contribution in [0.15, 0.2) is 22.7 Å². The maximum Gasteiger partial charge on any atom is 0.254 e. The van der Waals surface area contributed by atoms with Crippen molar-refractivity contribution in [3.8, 4) is 0 Å². The van der Waals surface area contributed by atoms with E-state index in [0.717, 1.165) is 30.3 Å². The lowest BCUT2D eigenvalue weighted by molar-refractivity contribution is 0.0605. The molecule has 0 saturated carbocycles. The van der Waals surface area contributed by atoms with Crippen molar-refractivity contribution in [3.05, 3.63) is 33.3 Å². The standard InChI is InChI=1S/C14H18BrClN2O.ClH/c15-12-9-10(4-5-13(12)16)14(19)18-8-2-1-3-11(18)6-7-17;/h4-5,9,11H,1-3,6-8,17H2;1H. The fourth-order valence-electron chi connectivity index (χ4n) is 2.56. The average molecular weight is 382 g/mol. The number of benzene rings is 1. The zero-order valence-electron chi connectivity index (χ0n) is 11.1. The Kier molecular flexibility index (Phi) is 7.30. The molecule has 2 rings (SSSR count). The molecular weight excluding hydrogens is 363 g/mol. The van der Waals surface area contributed by atoms with E-state index in [1.54, 1.807) is 18.2 Å². The smallest absolute Gasteiger partial charge is 0.254 e. The molecule has 0 aliphatic carbocycles. The number of piperidine rings is 1. The molecule has 1 heterocycles. The molecule has 1 fully saturated rings. The van der Waals surface area contributed by atoms with Gasteiger partial charge in [0.1, 0.15) is 0 Å². The van der Waals surface area contributed by atoms with Crippen molar-refractivity contribution in [2.45, 2.75) is 31.7 Å². The Morgan fingerprint density at radius 2 is 2.20 bits per heavy atom. The maximum atomic E-state index is 12.6. The molecule has 0 aromatic heterocycles. The lowest BCUT2D eigenvalue weighted by Crippen LogP contribution is -2.44. The minimum absolute atomic E-state index is 0. The number of hydrogen-bond acceptors (Lipinski definition) is 2. The molecule has 1 atom stereocenters. The number of nitrogens with two attached hydrogens (primary N) is 1. The molecule has 0 bridgehead atoms. The zero-order chi connectivity index (χ0) is 13.8. The average Bonchev–Trinajstić information content (AvgIpc) is 2.42. The van der Waals surface area contributed by atoms with Crippen LogP contribution in [0, 0.1) is 0 Å². The Balaban J connectivity index is 0.00000200. The summed E-state index contributed by atoms with van der Waals surface area (Å²) in [6.45, 7) is 1.45. The Bertz CT molecular complexity index is 468. The summed E-state index contributed by atoms with van der Waals surface area (Å²) in [6, 6.07) is 5.60. The predicted molar refractivity (Wildman–Crippen MR) is 88.7 cm³/mol. The summed E-state index contributed by atoms with van der Waals surface area (Å²) in [6.07, 6.45) is 4.18. The highest BCUT2D eigenvalue weighted by atomic mass is 79.9. The van der Waals surface area contributed by atoms with Crippen LogP contribution in [0.4, 0.5) is 0 Å². The van der Waals surface area contributed by atoms with Crippen molar-refractivity contribution in [1.29, 1.82) is 0 Å². The molecule has 1 aromatic carbocycles. The first-order chi connectivity index (χ1) is 9.13. The van der Waals surface area contributed by atoms with Crippen LogP contribution < -0.4 is 5.73 Å². The first-order valence-corrected chi connectivity index (χ1v) is 7.76. The third-order valence-electron chi connectivity index (χ3n) is 3.55. The number of carbonyl (C=O) groups excluding carboxylic acids is 1. The van der Waals surface area contributed by atoms with Crippen LogP contribution in [-0.4, -0.2) is 29.9 Å². The summed E-state index contributed by atoms with van der Waals surface area (Å²) in [5.41, 5.74) is 6.32. The number of amides is 1. The molecule has 1 saturated heterocycles. The zero-order valence-corrected chi connectivity index (χ0v) is 14.3. The second-order valence-electron chi connectivity index (χ2n) is 4.85. The molecule has 1 aliphatic heterocycles. The molecule has 20 heavy (non-hydrogen) atoms. The molecule has 0 radical (unpaired) electrons. The van der Waals surface area contributed by atoms with Crippen molar-refractivity contribution in [2.75, 3.05) is 13.1 Å². The summed E-state index contributed by atoms with van der Waals surface area (Å²) >= 11 is 9.32. The summed E-state index contributed by atoms with van der Waals surface area (Å²) < 4.78 is 0.757. The van der Waals surface area contributed by atoms with Gasteiger partial charge in [-0.1, -0.05) is 11.6 Å². The van der Waals surface area contributed by atoms with Crippen LogP contribution in [0.5, 0.6) is 0 Å². The minimum Gasteiger partial charge on any atom is -0.336 e. The fraction of sp³-hybridized carbons (Fsp3) is 0.500. The van der Waals surface area contributed by atoms with Crippen molar-refractivity contribution >= 4 is 45.8 Å². The predicted octanol–water partition coefficient (Wildman–Crippen LogP) is 3.87. The number of hydrogen-bond donors (Lipinski definition) is 1. The van der Waals surface area contributed by atoms with Gasteiger partial charge in [0.25, 0.3) is 5.91 Å². The SMILES string of the molecule is Cl.NCCC1CCCCN1C(=O)c1ccc(Cl)c(Br)c1. The second-order valence-corrected chi connectivity index (χ2v) is 6.12. The Hall–Kier alpha value is -0.290. The van der Waals surface area contributed by atoms with Crippen molar-refractivity contribution < 1.29 is 4.79 Å². The van der Waals surface area contributed by atoms with Crippen LogP contribution >= 0.6 is 39.9 Å². The molecule has 6 heteroatoms. The van der Waals surface area contributed by atoms with Gasteiger partial charge >= 0.3 is 0 Å². The number of likely N-dealkylation sites (tertiary alicyclic amines) is 1. The van der Waals surface area contributed by atoms with Gasteiger partial charge in [-0.25, -0.2) is 0 Å². The fourth-order valence-corrected chi connectivity index (χ4v) is 3.05. The monoisotopic (exact) mass is 380 g/mol. The van der Waals surface area contributed by atoms with Gasteiger partial charge in [-0.05, 0) is 66.4 Å². The molecule has 1 aromatic rings. The molecule has 1 amide bonds.